The molecule has 2 aromatic rings. The standard InChI is InChI=1S/C7H4BrFN2S/c8-6-2-1-5-4-10-11(12-9)7(5)3-6/h1-4H. The second kappa shape index (κ2) is 3.06. The van der Waals surface area contributed by atoms with Gasteiger partial charge in [-0.2, -0.15) is 9.19 Å². The van der Waals surface area contributed by atoms with Crippen LogP contribution in [0.1, 0.15) is 0 Å². The number of halogens is 2. The minimum atomic E-state index is 0.0984. The van der Waals surface area contributed by atoms with Crippen molar-refractivity contribution in [3.63, 3.8) is 0 Å². The Balaban J connectivity index is 2.75. The summed E-state index contributed by atoms with van der Waals surface area (Å²) in [6, 6.07) is 5.62. The summed E-state index contributed by atoms with van der Waals surface area (Å²) in [6.07, 6.45) is 1.63. The van der Waals surface area contributed by atoms with Crippen molar-refractivity contribution in [1.82, 2.24) is 9.19 Å². The zero-order valence-electron chi connectivity index (χ0n) is 5.87. The first-order valence-electron chi connectivity index (χ1n) is 3.23. The largest absolute Gasteiger partial charge is 0.188 e. The van der Waals surface area contributed by atoms with Crippen molar-refractivity contribution in [2.24, 2.45) is 0 Å². The topological polar surface area (TPSA) is 17.8 Å². The fourth-order valence-corrected chi connectivity index (χ4v) is 1.69. The molecule has 0 aliphatic heterocycles. The van der Waals surface area contributed by atoms with E-state index in [0.717, 1.165) is 15.4 Å². The van der Waals surface area contributed by atoms with Crippen LogP contribution in [0.15, 0.2) is 28.9 Å². The van der Waals surface area contributed by atoms with Crippen LogP contribution in [-0.4, -0.2) is 9.19 Å². The summed E-state index contributed by atoms with van der Waals surface area (Å²) < 4.78 is 14.4. The van der Waals surface area contributed by atoms with Gasteiger partial charge in [0.15, 0.2) is 12.3 Å². The molecule has 0 radical (unpaired) electrons. The van der Waals surface area contributed by atoms with E-state index >= 15 is 0 Å². The van der Waals surface area contributed by atoms with Gasteiger partial charge >= 0.3 is 0 Å². The molecule has 0 aliphatic rings. The molecule has 1 aromatic heterocycles. The lowest BCUT2D eigenvalue weighted by molar-refractivity contribution is 0.888. The second-order valence-corrected chi connectivity index (χ2v) is 3.69. The predicted molar refractivity (Wildman–Crippen MR) is 51.5 cm³/mol. The summed E-state index contributed by atoms with van der Waals surface area (Å²) in [5, 5.41) is 4.77. The molecule has 2 nitrogen and oxygen atoms in total. The highest BCUT2D eigenvalue weighted by Crippen LogP contribution is 2.22. The van der Waals surface area contributed by atoms with Crippen molar-refractivity contribution in [3.05, 3.63) is 28.9 Å². The van der Waals surface area contributed by atoms with Gasteiger partial charge in [0, 0.05) is 9.86 Å². The number of fused-ring (bicyclic) bond motifs is 1. The molecule has 2 rings (SSSR count). The number of hydrogen-bond acceptors (Lipinski definition) is 2. The summed E-state index contributed by atoms with van der Waals surface area (Å²) in [4.78, 5) is 0. The maximum atomic E-state index is 12.2. The Morgan fingerprint density at radius 2 is 2.33 bits per heavy atom. The molecule has 1 heterocycles. The van der Waals surface area contributed by atoms with Crippen molar-refractivity contribution in [1.29, 1.82) is 0 Å². The van der Waals surface area contributed by atoms with E-state index in [-0.39, 0.29) is 12.3 Å². The molecule has 0 spiro atoms. The van der Waals surface area contributed by atoms with Gasteiger partial charge in [-0.05, 0) is 12.1 Å². The van der Waals surface area contributed by atoms with Crippen molar-refractivity contribution < 1.29 is 3.89 Å². The number of nitrogens with zero attached hydrogens (tertiary/aromatic N) is 2. The molecule has 0 atom stereocenters. The van der Waals surface area contributed by atoms with Gasteiger partial charge in [0.2, 0.25) is 0 Å². The number of benzene rings is 1. The maximum absolute atomic E-state index is 12.2. The van der Waals surface area contributed by atoms with Crippen molar-refractivity contribution in [3.8, 4) is 0 Å². The van der Waals surface area contributed by atoms with Gasteiger partial charge in [-0.25, -0.2) is 0 Å². The smallest absolute Gasteiger partial charge is 0.176 e. The van der Waals surface area contributed by atoms with Gasteiger partial charge in [0.1, 0.15) is 0 Å². The monoisotopic (exact) mass is 246 g/mol. The normalized spacial score (nSPS) is 10.8. The minimum absolute atomic E-state index is 0.0984. The SMILES string of the molecule is FSn1ncc2ccc(Br)cc21. The third-order valence-corrected chi connectivity index (χ3v) is 2.48. The molecule has 0 saturated heterocycles. The summed E-state index contributed by atoms with van der Waals surface area (Å²) in [5.41, 5.74) is 0.775. The van der Waals surface area contributed by atoms with E-state index in [4.69, 9.17) is 0 Å². The van der Waals surface area contributed by atoms with Gasteiger partial charge in [0.25, 0.3) is 0 Å². The Labute approximate surface area is 81.3 Å². The molecule has 0 amide bonds. The predicted octanol–water partition coefficient (Wildman–Crippen LogP) is 3.18. The molecule has 62 valence electrons. The summed E-state index contributed by atoms with van der Waals surface area (Å²) >= 11 is 3.41. The van der Waals surface area contributed by atoms with Gasteiger partial charge in [-0.1, -0.05) is 22.0 Å². The molecule has 5 heteroatoms. The van der Waals surface area contributed by atoms with E-state index in [0.29, 0.717) is 0 Å². The van der Waals surface area contributed by atoms with Crippen LogP contribution >= 0.6 is 28.3 Å². The third-order valence-electron chi connectivity index (χ3n) is 1.57. The molecular formula is C7H4BrFN2S. The number of rotatable bonds is 1. The zero-order chi connectivity index (χ0) is 8.55. The van der Waals surface area contributed by atoms with Crippen LogP contribution in [0.5, 0.6) is 0 Å². The number of aromatic nitrogens is 2. The second-order valence-electron chi connectivity index (χ2n) is 2.29. The number of hydrogen-bond donors (Lipinski definition) is 0. The van der Waals surface area contributed by atoms with E-state index in [2.05, 4.69) is 21.0 Å². The van der Waals surface area contributed by atoms with Crippen LogP contribution < -0.4 is 0 Å². The molecule has 0 saturated carbocycles. The van der Waals surface area contributed by atoms with Gasteiger partial charge in [0.05, 0.1) is 11.7 Å². The Morgan fingerprint density at radius 3 is 3.08 bits per heavy atom. The average Bonchev–Trinajstić information content (AvgIpc) is 2.46. The van der Waals surface area contributed by atoms with E-state index in [1.54, 1.807) is 6.20 Å². The molecule has 12 heavy (non-hydrogen) atoms. The molecular weight excluding hydrogens is 243 g/mol. The minimum Gasteiger partial charge on any atom is -0.176 e. The Bertz CT molecular complexity index is 415. The van der Waals surface area contributed by atoms with Crippen LogP contribution in [-0.2, 0) is 0 Å². The van der Waals surface area contributed by atoms with Crippen molar-refractivity contribution in [2.75, 3.05) is 0 Å². The first-order valence-corrected chi connectivity index (χ1v) is 4.70. The highest BCUT2D eigenvalue weighted by molar-refractivity contribution is 9.10. The van der Waals surface area contributed by atoms with E-state index in [1.807, 2.05) is 18.2 Å². The van der Waals surface area contributed by atoms with Crippen LogP contribution in [0.2, 0.25) is 0 Å². The molecule has 1 aromatic carbocycles. The van der Waals surface area contributed by atoms with Crippen LogP contribution in [0.4, 0.5) is 3.89 Å². The van der Waals surface area contributed by atoms with Crippen molar-refractivity contribution >= 4 is 39.2 Å². The summed E-state index contributed by atoms with van der Waals surface area (Å²) in [6.45, 7) is 0. The quantitative estimate of drug-likeness (QED) is 0.770. The molecule has 0 unspecified atom stereocenters. The molecule has 0 fully saturated rings. The lowest BCUT2D eigenvalue weighted by Crippen LogP contribution is -1.83. The summed E-state index contributed by atoms with van der Waals surface area (Å²) in [7, 11) is 0. The van der Waals surface area contributed by atoms with E-state index in [1.165, 1.54) is 4.09 Å². The highest BCUT2D eigenvalue weighted by atomic mass is 79.9. The van der Waals surface area contributed by atoms with Crippen LogP contribution in [0.25, 0.3) is 10.9 Å². The lowest BCUT2D eigenvalue weighted by Gasteiger charge is -1.93. The Kier molecular flexibility index (Phi) is 2.06. The maximum Gasteiger partial charge on any atom is 0.188 e. The van der Waals surface area contributed by atoms with Crippen molar-refractivity contribution in [2.45, 2.75) is 0 Å². The third kappa shape index (κ3) is 1.23. The van der Waals surface area contributed by atoms with Gasteiger partial charge < -0.3 is 0 Å². The van der Waals surface area contributed by atoms with E-state index < -0.39 is 0 Å². The van der Waals surface area contributed by atoms with Gasteiger partial charge in [-0.15, -0.1) is 3.89 Å². The average molecular weight is 247 g/mol. The van der Waals surface area contributed by atoms with Crippen LogP contribution in [0, 0.1) is 0 Å². The lowest BCUT2D eigenvalue weighted by atomic mass is 10.3. The molecule has 0 aliphatic carbocycles. The molecule has 0 bridgehead atoms. The first kappa shape index (κ1) is 8.07. The van der Waals surface area contributed by atoms with Gasteiger partial charge in [-0.3, -0.25) is 0 Å². The highest BCUT2D eigenvalue weighted by Gasteiger charge is 2.02. The Morgan fingerprint density at radius 1 is 1.50 bits per heavy atom. The fourth-order valence-electron chi connectivity index (χ4n) is 1.02. The van der Waals surface area contributed by atoms with E-state index in [9.17, 15) is 3.89 Å². The Hall–Kier alpha value is -0.550. The zero-order valence-corrected chi connectivity index (χ0v) is 8.27. The van der Waals surface area contributed by atoms with Crippen LogP contribution in [0.3, 0.4) is 0 Å². The summed E-state index contributed by atoms with van der Waals surface area (Å²) in [5.74, 6) is 0. The first-order chi connectivity index (χ1) is 5.81. The molecule has 0 N–H and O–H groups in total. The fraction of sp³-hybridized carbons (Fsp3) is 0.